The van der Waals surface area contributed by atoms with Crippen molar-refractivity contribution in [3.8, 4) is 5.75 Å². The molecule has 114 valence electrons. The van der Waals surface area contributed by atoms with Crippen molar-refractivity contribution in [1.29, 1.82) is 0 Å². The summed E-state index contributed by atoms with van der Waals surface area (Å²) in [6.07, 6.45) is 1.25. The summed E-state index contributed by atoms with van der Waals surface area (Å²) in [6, 6.07) is 4.00. The summed E-state index contributed by atoms with van der Waals surface area (Å²) >= 11 is 0. The molecule has 1 heterocycles. The third-order valence-corrected chi connectivity index (χ3v) is 4.01. The largest absolute Gasteiger partial charge is 0.496 e. The number of nitrogens with zero attached hydrogens (tertiary/aromatic N) is 2. The van der Waals surface area contributed by atoms with E-state index in [0.717, 1.165) is 28.8 Å². The molecular formula is C16H22N2O3. The van der Waals surface area contributed by atoms with E-state index >= 15 is 0 Å². The lowest BCUT2D eigenvalue weighted by Gasteiger charge is -2.32. The van der Waals surface area contributed by atoms with Gasteiger partial charge in [-0.25, -0.2) is 0 Å². The van der Waals surface area contributed by atoms with Gasteiger partial charge < -0.3 is 14.5 Å². The van der Waals surface area contributed by atoms with Crippen LogP contribution < -0.4 is 4.74 Å². The fourth-order valence-electron chi connectivity index (χ4n) is 2.61. The number of amides is 2. The molecule has 1 aliphatic rings. The minimum atomic E-state index is 0.119. The number of hydrogen-bond acceptors (Lipinski definition) is 3. The summed E-state index contributed by atoms with van der Waals surface area (Å²) in [4.78, 5) is 26.6. The standard InChI is InChI=1S/C16H22N2O3/c1-12-9-15(21-3)13(2)8-14(12)10-16(20)18-6-4-17(11-19)5-7-18/h8-9,11H,4-7,10H2,1-3H3. The molecule has 0 aromatic heterocycles. The van der Waals surface area contributed by atoms with Crippen LogP contribution in [0.2, 0.25) is 0 Å². The highest BCUT2D eigenvalue weighted by atomic mass is 16.5. The van der Waals surface area contributed by atoms with Gasteiger partial charge in [0.05, 0.1) is 13.5 Å². The molecule has 0 atom stereocenters. The van der Waals surface area contributed by atoms with E-state index in [-0.39, 0.29) is 5.91 Å². The minimum Gasteiger partial charge on any atom is -0.496 e. The average molecular weight is 290 g/mol. The zero-order chi connectivity index (χ0) is 15.4. The monoisotopic (exact) mass is 290 g/mol. The first-order valence-electron chi connectivity index (χ1n) is 7.16. The Morgan fingerprint density at radius 2 is 1.86 bits per heavy atom. The molecule has 2 rings (SSSR count). The summed E-state index contributed by atoms with van der Waals surface area (Å²) in [5.74, 6) is 0.969. The lowest BCUT2D eigenvalue weighted by atomic mass is 10.0. The van der Waals surface area contributed by atoms with Crippen molar-refractivity contribution in [3.63, 3.8) is 0 Å². The van der Waals surface area contributed by atoms with E-state index in [2.05, 4.69) is 0 Å². The maximum Gasteiger partial charge on any atom is 0.227 e. The van der Waals surface area contributed by atoms with Gasteiger partial charge in [-0.3, -0.25) is 9.59 Å². The van der Waals surface area contributed by atoms with E-state index in [0.29, 0.717) is 32.6 Å². The quantitative estimate of drug-likeness (QED) is 0.782. The molecule has 0 radical (unpaired) electrons. The van der Waals surface area contributed by atoms with E-state index in [1.165, 1.54) is 0 Å². The van der Waals surface area contributed by atoms with Crippen LogP contribution in [0.3, 0.4) is 0 Å². The van der Waals surface area contributed by atoms with Crippen LogP contribution in [0.1, 0.15) is 16.7 Å². The number of piperazine rings is 1. The van der Waals surface area contributed by atoms with Gasteiger partial charge >= 0.3 is 0 Å². The topological polar surface area (TPSA) is 49.9 Å². The van der Waals surface area contributed by atoms with E-state index < -0.39 is 0 Å². The van der Waals surface area contributed by atoms with Crippen LogP contribution in [0.4, 0.5) is 0 Å². The highest BCUT2D eigenvalue weighted by Gasteiger charge is 2.21. The first-order chi connectivity index (χ1) is 10.0. The van der Waals surface area contributed by atoms with Gasteiger partial charge in [-0.2, -0.15) is 0 Å². The van der Waals surface area contributed by atoms with Gasteiger partial charge in [0.1, 0.15) is 5.75 Å². The summed E-state index contributed by atoms with van der Waals surface area (Å²) in [6.45, 7) is 6.45. The number of methoxy groups -OCH3 is 1. The molecule has 0 bridgehead atoms. The number of hydrogen-bond donors (Lipinski definition) is 0. The van der Waals surface area contributed by atoms with Gasteiger partial charge in [-0.1, -0.05) is 6.07 Å². The first-order valence-corrected chi connectivity index (χ1v) is 7.16. The summed E-state index contributed by atoms with van der Waals surface area (Å²) in [7, 11) is 1.65. The highest BCUT2D eigenvalue weighted by molar-refractivity contribution is 5.79. The van der Waals surface area contributed by atoms with Crippen molar-refractivity contribution in [1.82, 2.24) is 9.80 Å². The Hall–Kier alpha value is -2.04. The highest BCUT2D eigenvalue weighted by Crippen LogP contribution is 2.23. The molecule has 0 N–H and O–H groups in total. The van der Waals surface area contributed by atoms with Crippen LogP contribution in [-0.4, -0.2) is 55.4 Å². The van der Waals surface area contributed by atoms with Crippen LogP contribution in [0.5, 0.6) is 5.75 Å². The maximum absolute atomic E-state index is 12.4. The normalized spacial score (nSPS) is 15.0. The zero-order valence-electron chi connectivity index (χ0n) is 12.9. The zero-order valence-corrected chi connectivity index (χ0v) is 12.9. The van der Waals surface area contributed by atoms with Crippen LogP contribution in [0.15, 0.2) is 12.1 Å². The number of carbonyl (C=O) groups excluding carboxylic acids is 2. The van der Waals surface area contributed by atoms with Crippen molar-refractivity contribution >= 4 is 12.3 Å². The molecule has 0 saturated carbocycles. The Morgan fingerprint density at radius 3 is 2.43 bits per heavy atom. The second kappa shape index (κ2) is 6.61. The summed E-state index contributed by atoms with van der Waals surface area (Å²) < 4.78 is 5.29. The molecule has 0 aliphatic carbocycles. The Labute approximate surface area is 125 Å². The predicted octanol–water partition coefficient (Wildman–Crippen LogP) is 1.16. The van der Waals surface area contributed by atoms with Crippen molar-refractivity contribution in [3.05, 3.63) is 28.8 Å². The van der Waals surface area contributed by atoms with E-state index in [1.54, 1.807) is 12.0 Å². The molecule has 5 heteroatoms. The van der Waals surface area contributed by atoms with E-state index in [9.17, 15) is 9.59 Å². The molecule has 21 heavy (non-hydrogen) atoms. The molecule has 1 aromatic rings. The van der Waals surface area contributed by atoms with Gasteiger partial charge in [0.2, 0.25) is 12.3 Å². The van der Waals surface area contributed by atoms with Crippen LogP contribution in [0.25, 0.3) is 0 Å². The molecule has 1 aliphatic heterocycles. The third-order valence-electron chi connectivity index (χ3n) is 4.01. The van der Waals surface area contributed by atoms with Gasteiger partial charge in [0.25, 0.3) is 0 Å². The molecular weight excluding hydrogens is 268 g/mol. The molecule has 5 nitrogen and oxygen atoms in total. The van der Waals surface area contributed by atoms with Gasteiger partial charge in [0, 0.05) is 26.2 Å². The van der Waals surface area contributed by atoms with Crippen LogP contribution in [0, 0.1) is 13.8 Å². The SMILES string of the molecule is COc1cc(C)c(CC(=O)N2CCN(C=O)CC2)cc1C. The number of benzene rings is 1. The molecule has 0 spiro atoms. The molecule has 2 amide bonds. The Morgan fingerprint density at radius 1 is 1.19 bits per heavy atom. The second-order valence-electron chi connectivity index (χ2n) is 5.45. The first kappa shape index (κ1) is 15.4. The maximum atomic E-state index is 12.4. The molecule has 0 unspecified atom stereocenters. The fraction of sp³-hybridized carbons (Fsp3) is 0.500. The second-order valence-corrected chi connectivity index (χ2v) is 5.45. The van der Waals surface area contributed by atoms with Gasteiger partial charge in [0.15, 0.2) is 0 Å². The number of carbonyl (C=O) groups is 2. The van der Waals surface area contributed by atoms with Gasteiger partial charge in [-0.05, 0) is 36.6 Å². The predicted molar refractivity (Wildman–Crippen MR) is 80.4 cm³/mol. The average Bonchev–Trinajstić information content (AvgIpc) is 2.50. The molecule has 1 fully saturated rings. The fourth-order valence-corrected chi connectivity index (χ4v) is 2.61. The number of rotatable bonds is 4. The Bertz CT molecular complexity index is 535. The lowest BCUT2D eigenvalue weighted by Crippen LogP contribution is -2.48. The Balaban J connectivity index is 2.03. The molecule has 1 saturated heterocycles. The smallest absolute Gasteiger partial charge is 0.227 e. The van der Waals surface area contributed by atoms with Crippen molar-refractivity contribution in [2.45, 2.75) is 20.3 Å². The summed E-state index contributed by atoms with van der Waals surface area (Å²) in [5.41, 5.74) is 3.14. The van der Waals surface area contributed by atoms with Crippen LogP contribution in [-0.2, 0) is 16.0 Å². The van der Waals surface area contributed by atoms with Crippen LogP contribution >= 0.6 is 0 Å². The van der Waals surface area contributed by atoms with Crippen molar-refractivity contribution in [2.24, 2.45) is 0 Å². The van der Waals surface area contributed by atoms with Gasteiger partial charge in [-0.15, -0.1) is 0 Å². The molecule has 1 aromatic carbocycles. The van der Waals surface area contributed by atoms with Crippen molar-refractivity contribution in [2.75, 3.05) is 33.3 Å². The van der Waals surface area contributed by atoms with E-state index in [1.807, 2.05) is 30.9 Å². The number of aryl methyl sites for hydroxylation is 2. The minimum absolute atomic E-state index is 0.119. The lowest BCUT2D eigenvalue weighted by molar-refractivity contribution is -0.134. The third kappa shape index (κ3) is 3.54. The Kier molecular flexibility index (Phi) is 4.83. The summed E-state index contributed by atoms with van der Waals surface area (Å²) in [5, 5.41) is 0. The number of ether oxygens (including phenoxy) is 1. The van der Waals surface area contributed by atoms with Crippen molar-refractivity contribution < 1.29 is 14.3 Å². The van der Waals surface area contributed by atoms with E-state index in [4.69, 9.17) is 4.74 Å².